The summed E-state index contributed by atoms with van der Waals surface area (Å²) in [6.07, 6.45) is 0.943. The Labute approximate surface area is 94.9 Å². The molecule has 4 heteroatoms. The van der Waals surface area contributed by atoms with E-state index in [9.17, 15) is 4.79 Å². The molecule has 1 amide bonds. The molecule has 0 aromatic rings. The van der Waals surface area contributed by atoms with Crippen molar-refractivity contribution in [2.45, 2.75) is 32.7 Å². The van der Waals surface area contributed by atoms with Crippen molar-refractivity contribution in [2.75, 3.05) is 25.6 Å². The largest absolute Gasteiger partial charge is 0.372 e. The summed E-state index contributed by atoms with van der Waals surface area (Å²) >= 11 is 3.39. The number of hydrogen-bond donors (Lipinski definition) is 0. The van der Waals surface area contributed by atoms with E-state index >= 15 is 0 Å². The number of alkyl halides is 1. The number of halogens is 1. The molecule has 0 aromatic carbocycles. The molecule has 0 fully saturated rings. The van der Waals surface area contributed by atoms with Gasteiger partial charge in [0.05, 0.1) is 0 Å². The lowest BCUT2D eigenvalue weighted by Gasteiger charge is -2.34. The predicted molar refractivity (Wildman–Crippen MR) is 61.8 cm³/mol. The van der Waals surface area contributed by atoms with Crippen LogP contribution in [0.2, 0.25) is 0 Å². The molecule has 0 N–H and O–H groups in total. The molecule has 0 unspecified atom stereocenters. The van der Waals surface area contributed by atoms with Gasteiger partial charge in [0, 0.05) is 24.5 Å². The van der Waals surface area contributed by atoms with Gasteiger partial charge in [-0.1, -0.05) is 22.9 Å². The van der Waals surface area contributed by atoms with Crippen LogP contribution in [0, 0.1) is 0 Å². The number of hydrogen-bond acceptors (Lipinski definition) is 2. The third-order valence-electron chi connectivity index (χ3n) is 2.18. The van der Waals surface area contributed by atoms with Crippen LogP contribution >= 0.6 is 15.9 Å². The van der Waals surface area contributed by atoms with E-state index in [0.29, 0.717) is 6.61 Å². The van der Waals surface area contributed by atoms with Crippen molar-refractivity contribution in [1.82, 2.24) is 4.90 Å². The van der Waals surface area contributed by atoms with Crippen LogP contribution in [0.3, 0.4) is 0 Å². The van der Waals surface area contributed by atoms with Gasteiger partial charge in [0.1, 0.15) is 6.61 Å². The van der Waals surface area contributed by atoms with Crippen molar-refractivity contribution >= 4 is 21.8 Å². The zero-order chi connectivity index (χ0) is 11.2. The number of ether oxygens (including phenoxy) is 1. The highest BCUT2D eigenvalue weighted by atomic mass is 79.9. The molecular weight excluding hydrogens is 246 g/mol. The first-order valence-corrected chi connectivity index (χ1v) is 5.98. The summed E-state index contributed by atoms with van der Waals surface area (Å²) in [7, 11) is 1.80. The molecule has 0 aliphatic heterocycles. The average molecular weight is 266 g/mol. The van der Waals surface area contributed by atoms with Crippen molar-refractivity contribution in [3.63, 3.8) is 0 Å². The molecule has 0 aliphatic rings. The lowest BCUT2D eigenvalue weighted by molar-refractivity contribution is -0.138. The minimum atomic E-state index is -0.160. The fraction of sp³-hybridized carbons (Fsp3) is 0.900. The number of carbonyl (C=O) groups is 1. The number of rotatable bonds is 6. The zero-order valence-corrected chi connectivity index (χ0v) is 11.1. The first-order valence-electron chi connectivity index (χ1n) is 4.86. The lowest BCUT2D eigenvalue weighted by atomic mass is 10.1. The standard InChI is InChI=1S/C10H20BrNO2/c1-5-6-14-7-9(13)12(4)10(2,3)8-11/h5-8H2,1-4H3. The van der Waals surface area contributed by atoms with Crippen LogP contribution in [0.15, 0.2) is 0 Å². The van der Waals surface area contributed by atoms with Crippen molar-refractivity contribution in [2.24, 2.45) is 0 Å². The lowest BCUT2D eigenvalue weighted by Crippen LogP contribution is -2.47. The highest BCUT2D eigenvalue weighted by molar-refractivity contribution is 9.09. The van der Waals surface area contributed by atoms with Crippen LogP contribution in [0.1, 0.15) is 27.2 Å². The van der Waals surface area contributed by atoms with Crippen molar-refractivity contribution < 1.29 is 9.53 Å². The van der Waals surface area contributed by atoms with Crippen molar-refractivity contribution in [3.05, 3.63) is 0 Å². The molecule has 3 nitrogen and oxygen atoms in total. The Morgan fingerprint density at radius 3 is 2.50 bits per heavy atom. The van der Waals surface area contributed by atoms with Gasteiger partial charge in [0.25, 0.3) is 0 Å². The van der Waals surface area contributed by atoms with Crippen LogP contribution in [0.4, 0.5) is 0 Å². The van der Waals surface area contributed by atoms with Crippen LogP contribution < -0.4 is 0 Å². The Bertz CT molecular complexity index is 183. The minimum absolute atomic E-state index is 0.0305. The zero-order valence-electron chi connectivity index (χ0n) is 9.47. The normalized spacial score (nSPS) is 11.5. The third-order valence-corrected chi connectivity index (χ3v) is 3.56. The van der Waals surface area contributed by atoms with E-state index in [1.165, 1.54) is 0 Å². The van der Waals surface area contributed by atoms with Crippen molar-refractivity contribution in [1.29, 1.82) is 0 Å². The van der Waals surface area contributed by atoms with E-state index in [-0.39, 0.29) is 18.1 Å². The van der Waals surface area contributed by atoms with Gasteiger partial charge in [0.2, 0.25) is 5.91 Å². The van der Waals surface area contributed by atoms with E-state index in [1.807, 2.05) is 20.8 Å². The molecule has 0 saturated heterocycles. The van der Waals surface area contributed by atoms with Gasteiger partial charge in [-0.15, -0.1) is 0 Å². The first kappa shape index (κ1) is 13.9. The Hall–Kier alpha value is -0.0900. The second-order valence-corrected chi connectivity index (χ2v) is 4.51. The molecule has 0 rings (SSSR count). The predicted octanol–water partition coefficient (Wildman–Crippen LogP) is 2.04. The molecule has 0 bridgehead atoms. The molecular formula is C10H20BrNO2. The smallest absolute Gasteiger partial charge is 0.248 e. The summed E-state index contributed by atoms with van der Waals surface area (Å²) in [5.41, 5.74) is -0.160. The summed E-state index contributed by atoms with van der Waals surface area (Å²) in [5.74, 6) is 0.0305. The van der Waals surface area contributed by atoms with Crippen molar-refractivity contribution in [3.8, 4) is 0 Å². The Balaban J connectivity index is 3.99. The van der Waals surface area contributed by atoms with Gasteiger partial charge >= 0.3 is 0 Å². The minimum Gasteiger partial charge on any atom is -0.372 e. The van der Waals surface area contributed by atoms with Crippen LogP contribution in [0.5, 0.6) is 0 Å². The van der Waals surface area contributed by atoms with E-state index in [2.05, 4.69) is 15.9 Å². The molecule has 0 radical (unpaired) electrons. The summed E-state index contributed by atoms with van der Waals surface area (Å²) in [5, 5.41) is 0.760. The van der Waals surface area contributed by atoms with E-state index in [0.717, 1.165) is 11.8 Å². The first-order chi connectivity index (χ1) is 6.45. The average Bonchev–Trinajstić information content (AvgIpc) is 2.17. The van der Waals surface area contributed by atoms with Gasteiger partial charge in [0.15, 0.2) is 0 Å². The van der Waals surface area contributed by atoms with E-state index < -0.39 is 0 Å². The number of nitrogens with zero attached hydrogens (tertiary/aromatic N) is 1. The summed E-state index contributed by atoms with van der Waals surface area (Å²) in [6.45, 7) is 6.88. The molecule has 0 saturated carbocycles. The van der Waals surface area contributed by atoms with Gasteiger partial charge in [-0.05, 0) is 20.3 Å². The van der Waals surface area contributed by atoms with Crippen LogP contribution in [0.25, 0.3) is 0 Å². The third kappa shape index (κ3) is 4.42. The number of carbonyl (C=O) groups excluding carboxylic acids is 1. The number of amides is 1. The summed E-state index contributed by atoms with van der Waals surface area (Å²) in [4.78, 5) is 13.3. The molecule has 0 spiro atoms. The summed E-state index contributed by atoms with van der Waals surface area (Å²) < 4.78 is 5.20. The van der Waals surface area contributed by atoms with Gasteiger partial charge in [-0.2, -0.15) is 0 Å². The quantitative estimate of drug-likeness (QED) is 0.544. The topological polar surface area (TPSA) is 29.5 Å². The number of likely N-dealkylation sites (N-methyl/N-ethyl adjacent to an activating group) is 1. The molecule has 0 atom stereocenters. The maximum absolute atomic E-state index is 11.6. The van der Waals surface area contributed by atoms with E-state index in [1.54, 1.807) is 11.9 Å². The molecule has 0 aliphatic carbocycles. The van der Waals surface area contributed by atoms with E-state index in [4.69, 9.17) is 4.74 Å². The highest BCUT2D eigenvalue weighted by Crippen LogP contribution is 2.15. The van der Waals surface area contributed by atoms with Crippen LogP contribution in [-0.2, 0) is 9.53 Å². The second-order valence-electron chi connectivity index (χ2n) is 3.95. The monoisotopic (exact) mass is 265 g/mol. The molecule has 14 heavy (non-hydrogen) atoms. The molecule has 0 aromatic heterocycles. The van der Waals surface area contributed by atoms with Gasteiger partial charge in [-0.25, -0.2) is 0 Å². The Morgan fingerprint density at radius 2 is 2.07 bits per heavy atom. The maximum atomic E-state index is 11.6. The van der Waals surface area contributed by atoms with Gasteiger partial charge in [-0.3, -0.25) is 4.79 Å². The molecule has 84 valence electrons. The highest BCUT2D eigenvalue weighted by Gasteiger charge is 2.25. The Kier molecular flexibility index (Phi) is 6.36. The summed E-state index contributed by atoms with van der Waals surface area (Å²) in [6, 6.07) is 0. The maximum Gasteiger partial charge on any atom is 0.248 e. The van der Waals surface area contributed by atoms with Gasteiger partial charge < -0.3 is 9.64 Å². The SMILES string of the molecule is CCCOCC(=O)N(C)C(C)(C)CBr. The Morgan fingerprint density at radius 1 is 1.50 bits per heavy atom. The van der Waals surface area contributed by atoms with Crippen LogP contribution in [-0.4, -0.2) is 41.9 Å². The fourth-order valence-electron chi connectivity index (χ4n) is 0.828. The second kappa shape index (κ2) is 6.40. The fourth-order valence-corrected chi connectivity index (χ4v) is 1.20. The molecule has 0 heterocycles.